The van der Waals surface area contributed by atoms with Gasteiger partial charge in [0.15, 0.2) is 0 Å². The van der Waals surface area contributed by atoms with Crippen LogP contribution in [0.5, 0.6) is 5.75 Å². The lowest BCUT2D eigenvalue weighted by Crippen LogP contribution is -2.43. The zero-order chi connectivity index (χ0) is 18.4. The molecule has 3 rings (SSSR count). The maximum absolute atomic E-state index is 12.6. The SMILES string of the molecule is COc1ccc(CNC(=O)[C@H]2CCC[C@H]2NC(=O)c2ccncc2)cc1. The molecule has 136 valence electrons. The van der Waals surface area contributed by atoms with Gasteiger partial charge in [0.2, 0.25) is 5.91 Å². The first-order chi connectivity index (χ1) is 12.7. The molecule has 2 atom stereocenters. The Hall–Kier alpha value is -2.89. The number of benzene rings is 1. The number of rotatable bonds is 6. The second kappa shape index (κ2) is 8.47. The maximum Gasteiger partial charge on any atom is 0.251 e. The molecule has 1 saturated carbocycles. The molecular formula is C20H23N3O3. The average molecular weight is 353 g/mol. The molecule has 1 aliphatic rings. The largest absolute Gasteiger partial charge is 0.497 e. The molecule has 0 radical (unpaired) electrons. The van der Waals surface area contributed by atoms with E-state index in [-0.39, 0.29) is 23.8 Å². The summed E-state index contributed by atoms with van der Waals surface area (Å²) < 4.78 is 5.13. The van der Waals surface area contributed by atoms with Crippen LogP contribution in [0.2, 0.25) is 0 Å². The van der Waals surface area contributed by atoms with Crippen LogP contribution in [0.15, 0.2) is 48.8 Å². The van der Waals surface area contributed by atoms with Gasteiger partial charge in [-0.1, -0.05) is 18.6 Å². The van der Waals surface area contributed by atoms with Crippen molar-refractivity contribution in [3.8, 4) is 5.75 Å². The van der Waals surface area contributed by atoms with Crippen LogP contribution >= 0.6 is 0 Å². The van der Waals surface area contributed by atoms with Gasteiger partial charge >= 0.3 is 0 Å². The van der Waals surface area contributed by atoms with Crippen molar-refractivity contribution in [2.45, 2.75) is 31.8 Å². The lowest BCUT2D eigenvalue weighted by atomic mass is 10.0. The fraction of sp³-hybridized carbons (Fsp3) is 0.350. The Kier molecular flexibility index (Phi) is 5.84. The third-order valence-corrected chi connectivity index (χ3v) is 4.74. The Labute approximate surface area is 153 Å². The van der Waals surface area contributed by atoms with Crippen LogP contribution in [0, 0.1) is 5.92 Å². The molecule has 2 N–H and O–H groups in total. The van der Waals surface area contributed by atoms with E-state index in [1.54, 1.807) is 31.6 Å². The summed E-state index contributed by atoms with van der Waals surface area (Å²) in [4.78, 5) is 28.8. The summed E-state index contributed by atoms with van der Waals surface area (Å²) in [6.07, 6.45) is 5.71. The van der Waals surface area contributed by atoms with E-state index in [0.717, 1.165) is 30.6 Å². The molecule has 0 bridgehead atoms. The highest BCUT2D eigenvalue weighted by Crippen LogP contribution is 2.26. The molecule has 6 nitrogen and oxygen atoms in total. The van der Waals surface area contributed by atoms with Crippen LogP contribution in [-0.2, 0) is 11.3 Å². The molecule has 1 fully saturated rings. The third kappa shape index (κ3) is 4.39. The van der Waals surface area contributed by atoms with Crippen LogP contribution in [-0.4, -0.2) is 29.9 Å². The second-order valence-electron chi connectivity index (χ2n) is 6.42. The Morgan fingerprint density at radius 1 is 1.12 bits per heavy atom. The van der Waals surface area contributed by atoms with Crippen LogP contribution in [0.3, 0.4) is 0 Å². The first-order valence-corrected chi connectivity index (χ1v) is 8.79. The van der Waals surface area contributed by atoms with Gasteiger partial charge in [0, 0.05) is 30.5 Å². The van der Waals surface area contributed by atoms with E-state index in [4.69, 9.17) is 4.74 Å². The van der Waals surface area contributed by atoms with Gasteiger partial charge in [0.05, 0.1) is 13.0 Å². The normalized spacial score (nSPS) is 19.0. The van der Waals surface area contributed by atoms with Gasteiger partial charge in [-0.05, 0) is 42.7 Å². The lowest BCUT2D eigenvalue weighted by molar-refractivity contribution is -0.125. The number of nitrogens with one attached hydrogen (secondary N) is 2. The molecule has 1 aliphatic carbocycles. The minimum absolute atomic E-state index is 0.0154. The standard InChI is InChI=1S/C20H23N3O3/c1-26-16-7-5-14(6-8-16)13-22-20(25)17-3-2-4-18(17)23-19(24)15-9-11-21-12-10-15/h5-12,17-18H,2-4,13H2,1H3,(H,22,25)(H,23,24)/t17-,18+/m0/s1. The van der Waals surface area contributed by atoms with E-state index in [2.05, 4.69) is 15.6 Å². The molecule has 26 heavy (non-hydrogen) atoms. The first kappa shape index (κ1) is 17.9. The highest BCUT2D eigenvalue weighted by atomic mass is 16.5. The summed E-state index contributed by atoms with van der Waals surface area (Å²) in [6, 6.07) is 10.8. The summed E-state index contributed by atoms with van der Waals surface area (Å²) in [5.74, 6) is 0.416. The van der Waals surface area contributed by atoms with Crippen molar-refractivity contribution in [3.63, 3.8) is 0 Å². The van der Waals surface area contributed by atoms with Crippen molar-refractivity contribution in [2.24, 2.45) is 5.92 Å². The summed E-state index contributed by atoms with van der Waals surface area (Å²) in [6.45, 7) is 0.463. The van der Waals surface area contributed by atoms with E-state index in [0.29, 0.717) is 12.1 Å². The van der Waals surface area contributed by atoms with E-state index >= 15 is 0 Å². The molecular weight excluding hydrogens is 330 g/mol. The van der Waals surface area contributed by atoms with Crippen molar-refractivity contribution in [2.75, 3.05) is 7.11 Å². The minimum atomic E-state index is -0.195. The van der Waals surface area contributed by atoms with Crippen molar-refractivity contribution in [1.82, 2.24) is 15.6 Å². The van der Waals surface area contributed by atoms with Crippen molar-refractivity contribution in [1.29, 1.82) is 0 Å². The van der Waals surface area contributed by atoms with E-state index in [1.165, 1.54) is 0 Å². The smallest absolute Gasteiger partial charge is 0.251 e. The van der Waals surface area contributed by atoms with E-state index in [9.17, 15) is 9.59 Å². The average Bonchev–Trinajstić information content (AvgIpc) is 3.15. The van der Waals surface area contributed by atoms with E-state index in [1.807, 2.05) is 24.3 Å². The van der Waals surface area contributed by atoms with Crippen molar-refractivity contribution in [3.05, 3.63) is 59.9 Å². The molecule has 2 aromatic rings. The van der Waals surface area contributed by atoms with E-state index < -0.39 is 0 Å². The van der Waals surface area contributed by atoms with Gasteiger partial charge in [0.1, 0.15) is 5.75 Å². The molecule has 0 spiro atoms. The highest BCUT2D eigenvalue weighted by Gasteiger charge is 2.34. The Morgan fingerprint density at radius 3 is 2.54 bits per heavy atom. The quantitative estimate of drug-likeness (QED) is 0.835. The van der Waals surface area contributed by atoms with Crippen LogP contribution in [0.1, 0.15) is 35.2 Å². The van der Waals surface area contributed by atoms with Gasteiger partial charge in [-0.25, -0.2) is 0 Å². The number of nitrogens with zero attached hydrogens (tertiary/aromatic N) is 1. The fourth-order valence-corrected chi connectivity index (χ4v) is 3.27. The number of carbonyl (C=O) groups is 2. The highest BCUT2D eigenvalue weighted by molar-refractivity contribution is 5.94. The summed E-state index contributed by atoms with van der Waals surface area (Å²) in [7, 11) is 1.62. The number of methoxy groups -OCH3 is 1. The van der Waals surface area contributed by atoms with Gasteiger partial charge in [0.25, 0.3) is 5.91 Å². The van der Waals surface area contributed by atoms with Gasteiger partial charge in [-0.3, -0.25) is 14.6 Å². The molecule has 0 saturated heterocycles. The Morgan fingerprint density at radius 2 is 1.85 bits per heavy atom. The van der Waals surface area contributed by atoms with Crippen LogP contribution in [0.4, 0.5) is 0 Å². The van der Waals surface area contributed by atoms with Gasteiger partial charge in [-0.15, -0.1) is 0 Å². The number of hydrogen-bond acceptors (Lipinski definition) is 4. The topological polar surface area (TPSA) is 80.3 Å². The summed E-state index contributed by atoms with van der Waals surface area (Å²) in [5, 5.41) is 5.98. The minimum Gasteiger partial charge on any atom is -0.497 e. The third-order valence-electron chi connectivity index (χ3n) is 4.74. The van der Waals surface area contributed by atoms with Crippen LogP contribution in [0.25, 0.3) is 0 Å². The summed E-state index contributed by atoms with van der Waals surface area (Å²) in [5.41, 5.74) is 1.57. The lowest BCUT2D eigenvalue weighted by Gasteiger charge is -2.20. The van der Waals surface area contributed by atoms with Gasteiger partial charge in [-0.2, -0.15) is 0 Å². The predicted octanol–water partition coefficient (Wildman–Crippen LogP) is 2.31. The zero-order valence-corrected chi connectivity index (χ0v) is 14.8. The molecule has 1 heterocycles. The number of aromatic nitrogens is 1. The van der Waals surface area contributed by atoms with Crippen molar-refractivity contribution < 1.29 is 14.3 Å². The van der Waals surface area contributed by atoms with Crippen LogP contribution < -0.4 is 15.4 Å². The maximum atomic E-state index is 12.6. The zero-order valence-electron chi connectivity index (χ0n) is 14.8. The fourth-order valence-electron chi connectivity index (χ4n) is 3.27. The molecule has 6 heteroatoms. The number of hydrogen-bond donors (Lipinski definition) is 2. The second-order valence-corrected chi connectivity index (χ2v) is 6.42. The summed E-state index contributed by atoms with van der Waals surface area (Å²) >= 11 is 0. The molecule has 0 aliphatic heterocycles. The number of carbonyl (C=O) groups excluding carboxylic acids is 2. The van der Waals surface area contributed by atoms with Crippen molar-refractivity contribution >= 4 is 11.8 Å². The Balaban J connectivity index is 1.55. The Bertz CT molecular complexity index is 747. The number of amides is 2. The number of pyridine rings is 1. The monoisotopic (exact) mass is 353 g/mol. The number of ether oxygens (including phenoxy) is 1. The molecule has 1 aromatic heterocycles. The molecule has 0 unspecified atom stereocenters. The predicted molar refractivity (Wildman–Crippen MR) is 97.7 cm³/mol. The first-order valence-electron chi connectivity index (χ1n) is 8.79. The molecule has 2 amide bonds. The molecule has 1 aromatic carbocycles. The van der Waals surface area contributed by atoms with Gasteiger partial charge < -0.3 is 15.4 Å².